The summed E-state index contributed by atoms with van der Waals surface area (Å²) in [5.74, 6) is -0.372. The molecule has 2 heterocycles. The lowest BCUT2D eigenvalue weighted by molar-refractivity contribution is -0.109. The van der Waals surface area contributed by atoms with Gasteiger partial charge in [0.25, 0.3) is 0 Å². The normalized spacial score (nSPS) is 21.6. The molecule has 0 bridgehead atoms. The van der Waals surface area contributed by atoms with Gasteiger partial charge in [-0.3, -0.25) is 5.43 Å². The number of hydrogen-bond acceptors (Lipinski definition) is 5. The summed E-state index contributed by atoms with van der Waals surface area (Å²) in [5, 5.41) is 16.0. The van der Waals surface area contributed by atoms with Crippen molar-refractivity contribution in [3.63, 3.8) is 0 Å². The van der Waals surface area contributed by atoms with Crippen molar-refractivity contribution in [3.8, 4) is 0 Å². The smallest absolute Gasteiger partial charge is 0.148 e. The Bertz CT molecular complexity index is 1220. The van der Waals surface area contributed by atoms with Crippen LogP contribution in [0.5, 0.6) is 0 Å². The van der Waals surface area contributed by atoms with Gasteiger partial charge in [-0.25, -0.2) is 4.39 Å². The van der Waals surface area contributed by atoms with E-state index in [2.05, 4.69) is 47.0 Å². The molecule has 4 unspecified atom stereocenters. The number of hydrazone groups is 1. The number of halogens is 1. The number of nitrogens with one attached hydrogen (secondary N) is 3. The molecule has 0 saturated carbocycles. The molecule has 5 nitrogen and oxygen atoms in total. The summed E-state index contributed by atoms with van der Waals surface area (Å²) in [5.41, 5.74) is 9.71. The Labute approximate surface area is 192 Å². The Kier molecular flexibility index (Phi) is 5.50. The van der Waals surface area contributed by atoms with Gasteiger partial charge in [-0.15, -0.1) is 0 Å². The highest BCUT2D eigenvalue weighted by atomic mass is 19.1. The molecule has 0 aliphatic carbocycles. The Morgan fingerprint density at radius 3 is 2.45 bits per heavy atom. The Hall–Kier alpha value is -3.80. The maximum atomic E-state index is 13.7. The van der Waals surface area contributed by atoms with Gasteiger partial charge in [-0.1, -0.05) is 55.5 Å². The molecule has 4 atom stereocenters. The lowest BCUT2D eigenvalue weighted by Crippen LogP contribution is -2.38. The monoisotopic (exact) mass is 440 g/mol. The summed E-state index contributed by atoms with van der Waals surface area (Å²) in [4.78, 5) is 11.6. The third-order valence-corrected chi connectivity index (χ3v) is 6.68. The number of hydrogen-bond donors (Lipinski definition) is 3. The molecule has 0 spiro atoms. The van der Waals surface area contributed by atoms with E-state index < -0.39 is 6.04 Å². The van der Waals surface area contributed by atoms with Crippen LogP contribution in [0.4, 0.5) is 10.1 Å². The van der Waals surface area contributed by atoms with Gasteiger partial charge >= 0.3 is 0 Å². The summed E-state index contributed by atoms with van der Waals surface area (Å²) < 4.78 is 13.7. The maximum Gasteiger partial charge on any atom is 0.148 e. The molecule has 2 aliphatic heterocycles. The van der Waals surface area contributed by atoms with Crippen molar-refractivity contribution in [1.29, 1.82) is 5.41 Å². The van der Waals surface area contributed by atoms with Crippen molar-refractivity contribution < 1.29 is 9.18 Å². The van der Waals surface area contributed by atoms with E-state index in [0.717, 1.165) is 51.9 Å². The Morgan fingerprint density at radius 2 is 1.79 bits per heavy atom. The molecule has 166 valence electrons. The van der Waals surface area contributed by atoms with E-state index in [9.17, 15) is 9.18 Å². The Balaban J connectivity index is 1.64. The third kappa shape index (κ3) is 3.61. The van der Waals surface area contributed by atoms with Crippen LogP contribution in [0.1, 0.15) is 65.1 Å². The molecule has 0 saturated heterocycles. The van der Waals surface area contributed by atoms with Crippen LogP contribution >= 0.6 is 0 Å². The second-order valence-electron chi connectivity index (χ2n) is 8.51. The number of aldehydes is 1. The molecule has 33 heavy (non-hydrogen) atoms. The molecule has 2 aliphatic rings. The fourth-order valence-corrected chi connectivity index (χ4v) is 4.93. The van der Waals surface area contributed by atoms with Gasteiger partial charge in [0, 0.05) is 23.4 Å². The van der Waals surface area contributed by atoms with Crippen molar-refractivity contribution in [2.45, 2.75) is 37.3 Å². The SMILES string of the molecule is CCC(C=N)c1ccc(C2Nc3cccc4c3C(=NNC4C=O)C2c2ccc(F)cc2)cc1. The van der Waals surface area contributed by atoms with Gasteiger partial charge in [0.15, 0.2) is 0 Å². The number of nitrogens with zero attached hydrogens (tertiary/aromatic N) is 1. The first-order valence-electron chi connectivity index (χ1n) is 11.2. The van der Waals surface area contributed by atoms with Crippen LogP contribution in [0.3, 0.4) is 0 Å². The van der Waals surface area contributed by atoms with Crippen molar-refractivity contribution >= 4 is 23.9 Å². The van der Waals surface area contributed by atoms with E-state index in [0.29, 0.717) is 0 Å². The first-order chi connectivity index (χ1) is 16.1. The predicted octanol–water partition coefficient (Wildman–Crippen LogP) is 5.47. The first kappa shape index (κ1) is 21.1. The molecular weight excluding hydrogens is 415 g/mol. The molecule has 5 rings (SSSR count). The van der Waals surface area contributed by atoms with Gasteiger partial charge in [-0.2, -0.15) is 5.10 Å². The van der Waals surface area contributed by atoms with Gasteiger partial charge in [0.1, 0.15) is 18.1 Å². The summed E-state index contributed by atoms with van der Waals surface area (Å²) in [6.07, 6.45) is 3.22. The molecule has 3 aromatic rings. The van der Waals surface area contributed by atoms with Crippen molar-refractivity contribution in [2.75, 3.05) is 5.32 Å². The second kappa shape index (κ2) is 8.62. The highest BCUT2D eigenvalue weighted by Crippen LogP contribution is 2.46. The summed E-state index contributed by atoms with van der Waals surface area (Å²) in [6.45, 7) is 2.08. The number of rotatable bonds is 6. The van der Waals surface area contributed by atoms with E-state index in [1.165, 1.54) is 18.3 Å². The van der Waals surface area contributed by atoms with E-state index in [-0.39, 0.29) is 23.7 Å². The standard InChI is InChI=1S/C27H25FN4O/c1-2-16(14-29)17-6-8-19(9-7-17)26-24(18-10-12-20(28)13-11-18)27-25-21(23(15-33)31-32-27)4-3-5-22(25)30-26/h3-16,23-24,26,29-31H,2H2,1H3. The number of carbonyl (C=O) groups is 1. The molecular formula is C27H25FN4O. The van der Waals surface area contributed by atoms with Gasteiger partial charge < -0.3 is 15.5 Å². The van der Waals surface area contributed by atoms with Crippen LogP contribution in [0.25, 0.3) is 0 Å². The molecule has 6 heteroatoms. The summed E-state index contributed by atoms with van der Waals surface area (Å²) in [6, 6.07) is 20.1. The summed E-state index contributed by atoms with van der Waals surface area (Å²) in [7, 11) is 0. The molecule has 0 radical (unpaired) electrons. The quantitative estimate of drug-likeness (QED) is 0.352. The van der Waals surface area contributed by atoms with Crippen molar-refractivity contribution in [2.24, 2.45) is 5.10 Å². The van der Waals surface area contributed by atoms with Gasteiger partial charge in [-0.05, 0) is 46.9 Å². The molecule has 0 fully saturated rings. The van der Waals surface area contributed by atoms with Crippen LogP contribution in [0.2, 0.25) is 0 Å². The number of carbonyl (C=O) groups excluding carboxylic acids is 1. The summed E-state index contributed by atoms with van der Waals surface area (Å²) >= 11 is 0. The zero-order chi connectivity index (χ0) is 22.9. The van der Waals surface area contributed by atoms with Crippen LogP contribution in [-0.2, 0) is 4.79 Å². The van der Waals surface area contributed by atoms with Crippen molar-refractivity contribution in [1.82, 2.24) is 5.43 Å². The van der Waals surface area contributed by atoms with Crippen LogP contribution in [0.15, 0.2) is 71.8 Å². The lowest BCUT2D eigenvalue weighted by Gasteiger charge is -2.39. The fourth-order valence-electron chi connectivity index (χ4n) is 4.93. The van der Waals surface area contributed by atoms with Gasteiger partial charge in [0.05, 0.1) is 17.7 Å². The first-order valence-corrected chi connectivity index (χ1v) is 11.2. The average Bonchev–Trinajstić information content (AvgIpc) is 2.86. The minimum absolute atomic E-state index is 0.0988. The van der Waals surface area contributed by atoms with E-state index in [1.807, 2.05) is 18.2 Å². The van der Waals surface area contributed by atoms with E-state index in [4.69, 9.17) is 5.41 Å². The largest absolute Gasteiger partial charge is 0.377 e. The average molecular weight is 441 g/mol. The molecule has 0 aromatic heterocycles. The zero-order valence-electron chi connectivity index (χ0n) is 18.3. The van der Waals surface area contributed by atoms with Crippen molar-refractivity contribution in [3.05, 3.63) is 100 Å². The van der Waals surface area contributed by atoms with Crippen LogP contribution in [-0.4, -0.2) is 18.2 Å². The van der Waals surface area contributed by atoms with Crippen LogP contribution < -0.4 is 10.7 Å². The Morgan fingerprint density at radius 1 is 1.06 bits per heavy atom. The van der Waals surface area contributed by atoms with E-state index >= 15 is 0 Å². The molecule has 3 N–H and O–H groups in total. The van der Waals surface area contributed by atoms with E-state index in [1.54, 1.807) is 12.1 Å². The molecule has 0 amide bonds. The predicted molar refractivity (Wildman–Crippen MR) is 129 cm³/mol. The highest BCUT2D eigenvalue weighted by Gasteiger charge is 2.40. The minimum atomic E-state index is -0.498. The minimum Gasteiger partial charge on any atom is -0.377 e. The topological polar surface area (TPSA) is 77.3 Å². The zero-order valence-corrected chi connectivity index (χ0v) is 18.3. The van der Waals surface area contributed by atoms with Gasteiger partial charge in [0.2, 0.25) is 0 Å². The second-order valence-corrected chi connectivity index (χ2v) is 8.51. The number of benzene rings is 3. The fraction of sp³-hybridized carbons (Fsp3) is 0.222. The third-order valence-electron chi connectivity index (χ3n) is 6.68. The maximum absolute atomic E-state index is 13.7. The number of anilines is 1. The van der Waals surface area contributed by atoms with Crippen LogP contribution in [0, 0.1) is 11.2 Å². The lowest BCUT2D eigenvalue weighted by atomic mass is 9.75. The highest BCUT2D eigenvalue weighted by molar-refractivity contribution is 6.13. The molecule has 3 aromatic carbocycles.